The largest absolute Gasteiger partial charge is 0.492 e. The van der Waals surface area contributed by atoms with Crippen molar-refractivity contribution in [1.82, 2.24) is 4.90 Å². The van der Waals surface area contributed by atoms with E-state index in [9.17, 15) is 9.59 Å². The van der Waals surface area contributed by atoms with Crippen molar-refractivity contribution in [3.63, 3.8) is 0 Å². The van der Waals surface area contributed by atoms with Crippen molar-refractivity contribution in [2.24, 2.45) is 0 Å². The van der Waals surface area contributed by atoms with Crippen LogP contribution >= 0.6 is 0 Å². The third-order valence-corrected chi connectivity index (χ3v) is 4.84. The average Bonchev–Trinajstić information content (AvgIpc) is 2.75. The Bertz CT molecular complexity index is 870. The number of carbonyl (C=O) groups is 2. The molecule has 0 aromatic heterocycles. The SMILES string of the molecule is CCOC(=O)c1cc(/C(C)=C/C(=O)N(CC)CC)ccc1OCCc1ccccc1. The molecule has 2 aromatic rings. The fraction of sp³-hybridized carbons (Fsp3) is 0.360. The number of esters is 1. The van der Waals surface area contributed by atoms with Crippen molar-refractivity contribution in [2.75, 3.05) is 26.3 Å². The van der Waals surface area contributed by atoms with Crippen LogP contribution in [0.2, 0.25) is 0 Å². The van der Waals surface area contributed by atoms with Crippen LogP contribution in [-0.2, 0) is 16.0 Å². The van der Waals surface area contributed by atoms with Crippen LogP contribution in [0.4, 0.5) is 0 Å². The normalized spacial score (nSPS) is 11.1. The summed E-state index contributed by atoms with van der Waals surface area (Å²) in [6, 6.07) is 15.4. The highest BCUT2D eigenvalue weighted by atomic mass is 16.5. The van der Waals surface area contributed by atoms with E-state index < -0.39 is 5.97 Å². The van der Waals surface area contributed by atoms with Gasteiger partial charge in [-0.1, -0.05) is 36.4 Å². The van der Waals surface area contributed by atoms with Gasteiger partial charge in [-0.15, -0.1) is 0 Å². The fourth-order valence-electron chi connectivity index (χ4n) is 3.09. The van der Waals surface area contributed by atoms with Gasteiger partial charge in [0.25, 0.3) is 0 Å². The van der Waals surface area contributed by atoms with Gasteiger partial charge in [0.1, 0.15) is 11.3 Å². The van der Waals surface area contributed by atoms with Gasteiger partial charge in [0.15, 0.2) is 0 Å². The summed E-state index contributed by atoms with van der Waals surface area (Å²) in [4.78, 5) is 26.6. The summed E-state index contributed by atoms with van der Waals surface area (Å²) >= 11 is 0. The second-order valence-corrected chi connectivity index (χ2v) is 6.85. The fourth-order valence-corrected chi connectivity index (χ4v) is 3.09. The Kier molecular flexibility index (Phi) is 9.13. The lowest BCUT2D eigenvalue weighted by atomic mass is 10.0. The molecule has 0 heterocycles. The minimum absolute atomic E-state index is 0.0432. The Morgan fingerprint density at radius 1 is 1.00 bits per heavy atom. The number of nitrogens with zero attached hydrogens (tertiary/aromatic N) is 1. The zero-order valence-electron chi connectivity index (χ0n) is 18.3. The Hall–Kier alpha value is -3.08. The van der Waals surface area contributed by atoms with E-state index >= 15 is 0 Å². The first-order chi connectivity index (χ1) is 14.5. The molecule has 2 rings (SSSR count). The average molecular weight is 410 g/mol. The molecule has 5 heteroatoms. The van der Waals surface area contributed by atoms with Crippen molar-refractivity contribution in [3.8, 4) is 5.75 Å². The van der Waals surface area contributed by atoms with E-state index in [-0.39, 0.29) is 12.5 Å². The number of hydrogen-bond donors (Lipinski definition) is 0. The molecule has 0 aliphatic heterocycles. The summed E-state index contributed by atoms with van der Waals surface area (Å²) in [6.45, 7) is 9.57. The molecule has 0 bridgehead atoms. The highest BCUT2D eigenvalue weighted by Gasteiger charge is 2.16. The second-order valence-electron chi connectivity index (χ2n) is 6.85. The van der Waals surface area contributed by atoms with Gasteiger partial charge in [0, 0.05) is 25.6 Å². The lowest BCUT2D eigenvalue weighted by Gasteiger charge is -2.17. The standard InChI is InChI=1S/C25H31NO4/c1-5-26(6-2)24(27)17-19(4)21-13-14-23(22(18-21)25(28)29-7-3)30-16-15-20-11-9-8-10-12-20/h8-14,17-18H,5-7,15-16H2,1-4H3/b19-17+. The molecule has 30 heavy (non-hydrogen) atoms. The Balaban J connectivity index is 2.22. The first-order valence-electron chi connectivity index (χ1n) is 10.5. The molecule has 0 saturated carbocycles. The van der Waals surface area contributed by atoms with Crippen molar-refractivity contribution in [1.29, 1.82) is 0 Å². The zero-order valence-corrected chi connectivity index (χ0v) is 18.3. The monoisotopic (exact) mass is 409 g/mol. The van der Waals surface area contributed by atoms with Crippen molar-refractivity contribution in [3.05, 3.63) is 71.3 Å². The quantitative estimate of drug-likeness (QED) is 0.419. The number of amides is 1. The highest BCUT2D eigenvalue weighted by Crippen LogP contribution is 2.25. The molecule has 0 N–H and O–H groups in total. The molecule has 0 atom stereocenters. The molecule has 0 fully saturated rings. The highest BCUT2D eigenvalue weighted by molar-refractivity contribution is 5.97. The topological polar surface area (TPSA) is 55.8 Å². The van der Waals surface area contributed by atoms with Crippen LogP contribution in [0.15, 0.2) is 54.6 Å². The maximum absolute atomic E-state index is 12.5. The Morgan fingerprint density at radius 2 is 1.70 bits per heavy atom. The van der Waals surface area contributed by atoms with Crippen LogP contribution in [0.1, 0.15) is 49.2 Å². The summed E-state index contributed by atoms with van der Waals surface area (Å²) in [6.07, 6.45) is 2.34. The maximum atomic E-state index is 12.5. The smallest absolute Gasteiger partial charge is 0.341 e. The van der Waals surface area contributed by atoms with Crippen molar-refractivity contribution in [2.45, 2.75) is 34.1 Å². The number of rotatable bonds is 10. The lowest BCUT2D eigenvalue weighted by Crippen LogP contribution is -2.28. The molecular formula is C25H31NO4. The van der Waals surface area contributed by atoms with Crippen LogP contribution in [0.25, 0.3) is 5.57 Å². The molecule has 0 aliphatic carbocycles. The van der Waals surface area contributed by atoms with Crippen LogP contribution in [0.5, 0.6) is 5.75 Å². The number of benzene rings is 2. The number of allylic oxidation sites excluding steroid dienone is 1. The number of carbonyl (C=O) groups excluding carboxylic acids is 2. The minimum Gasteiger partial charge on any atom is -0.492 e. The predicted octanol–water partition coefficient (Wildman–Crippen LogP) is 4.76. The Labute approximate surface area is 179 Å². The number of ether oxygens (including phenoxy) is 2. The van der Waals surface area contributed by atoms with Gasteiger partial charge in [0.2, 0.25) is 5.91 Å². The Morgan fingerprint density at radius 3 is 2.33 bits per heavy atom. The minimum atomic E-state index is -0.433. The van der Waals surface area contributed by atoms with E-state index in [1.54, 1.807) is 30.0 Å². The van der Waals surface area contributed by atoms with Crippen LogP contribution < -0.4 is 4.74 Å². The van der Waals surface area contributed by atoms with Crippen LogP contribution in [0.3, 0.4) is 0 Å². The van der Waals surface area contributed by atoms with Crippen molar-refractivity contribution < 1.29 is 19.1 Å². The van der Waals surface area contributed by atoms with Gasteiger partial charge < -0.3 is 14.4 Å². The van der Waals surface area contributed by atoms with Crippen LogP contribution in [0, 0.1) is 0 Å². The van der Waals surface area contributed by atoms with E-state index in [0.29, 0.717) is 31.0 Å². The van der Waals surface area contributed by atoms with E-state index in [1.807, 2.05) is 57.2 Å². The van der Waals surface area contributed by atoms with Gasteiger partial charge in [-0.05, 0) is 56.5 Å². The lowest BCUT2D eigenvalue weighted by molar-refractivity contribution is -0.125. The number of likely N-dealkylation sites (N-methyl/N-ethyl adjacent to an activating group) is 1. The van der Waals surface area contributed by atoms with Gasteiger partial charge in [-0.25, -0.2) is 4.79 Å². The summed E-state index contributed by atoms with van der Waals surface area (Å²) in [7, 11) is 0. The third kappa shape index (κ3) is 6.48. The molecular weight excluding hydrogens is 378 g/mol. The molecule has 160 valence electrons. The molecule has 0 radical (unpaired) electrons. The first kappa shape index (κ1) is 23.2. The zero-order chi connectivity index (χ0) is 21.9. The molecule has 0 spiro atoms. The van der Waals surface area contributed by atoms with Crippen LogP contribution in [-0.4, -0.2) is 43.1 Å². The molecule has 0 saturated heterocycles. The first-order valence-corrected chi connectivity index (χ1v) is 10.5. The third-order valence-electron chi connectivity index (χ3n) is 4.84. The molecule has 2 aromatic carbocycles. The maximum Gasteiger partial charge on any atom is 0.341 e. The van der Waals surface area contributed by atoms with Crippen molar-refractivity contribution >= 4 is 17.4 Å². The summed E-state index contributed by atoms with van der Waals surface area (Å²) in [5, 5.41) is 0. The van der Waals surface area contributed by atoms with Gasteiger partial charge in [-0.2, -0.15) is 0 Å². The second kappa shape index (κ2) is 11.8. The number of hydrogen-bond acceptors (Lipinski definition) is 4. The van der Waals surface area contributed by atoms with E-state index in [4.69, 9.17) is 9.47 Å². The molecule has 0 unspecified atom stereocenters. The summed E-state index contributed by atoms with van der Waals surface area (Å²) in [5.41, 5.74) is 3.10. The van der Waals surface area contributed by atoms with Gasteiger partial charge in [0.05, 0.1) is 13.2 Å². The molecule has 5 nitrogen and oxygen atoms in total. The summed E-state index contributed by atoms with van der Waals surface area (Å²) in [5.74, 6) is 0.00584. The van der Waals surface area contributed by atoms with Gasteiger partial charge >= 0.3 is 5.97 Å². The van der Waals surface area contributed by atoms with E-state index in [1.165, 1.54) is 5.56 Å². The predicted molar refractivity (Wildman–Crippen MR) is 120 cm³/mol. The molecule has 0 aliphatic rings. The van der Waals surface area contributed by atoms with E-state index in [2.05, 4.69) is 0 Å². The van der Waals surface area contributed by atoms with Gasteiger partial charge in [-0.3, -0.25) is 4.79 Å². The summed E-state index contributed by atoms with van der Waals surface area (Å²) < 4.78 is 11.1. The molecule has 1 amide bonds. The van der Waals surface area contributed by atoms with E-state index in [0.717, 1.165) is 17.6 Å².